The largest absolute Gasteiger partial charge is 0.325 e. The molecule has 0 aromatic heterocycles. The van der Waals surface area contributed by atoms with Crippen molar-refractivity contribution >= 4 is 40.6 Å². The second-order valence-electron chi connectivity index (χ2n) is 8.72. The topological polar surface area (TPSA) is 46.2 Å². The van der Waals surface area contributed by atoms with Crippen LogP contribution >= 0.6 is 23.2 Å². The van der Waals surface area contributed by atoms with E-state index in [1.165, 1.54) is 12.8 Å². The van der Waals surface area contributed by atoms with E-state index in [1.54, 1.807) is 0 Å². The third kappa shape index (κ3) is 2.93. The summed E-state index contributed by atoms with van der Waals surface area (Å²) in [6.45, 7) is 0. The molecule has 2 fully saturated rings. The lowest BCUT2D eigenvalue weighted by Crippen LogP contribution is -2.53. The van der Waals surface area contributed by atoms with Gasteiger partial charge < -0.3 is 5.32 Å². The lowest BCUT2D eigenvalue weighted by Gasteiger charge is -2.48. The smallest absolute Gasteiger partial charge is 0.236 e. The average molecular weight is 428 g/mol. The van der Waals surface area contributed by atoms with Crippen LogP contribution in [0.4, 0.5) is 5.69 Å². The summed E-state index contributed by atoms with van der Waals surface area (Å²) >= 11 is 12.5. The number of hydrogen-bond acceptors (Lipinski definition) is 2. The molecule has 2 aliphatic carbocycles. The number of amides is 1. The molecule has 2 saturated carbocycles. The molecule has 1 N–H and O–H groups in total. The van der Waals surface area contributed by atoms with Crippen molar-refractivity contribution in [1.82, 2.24) is 0 Å². The van der Waals surface area contributed by atoms with Gasteiger partial charge in [0.05, 0.1) is 5.41 Å². The van der Waals surface area contributed by atoms with E-state index in [2.05, 4.69) is 5.32 Å². The Balaban J connectivity index is 1.75. The van der Waals surface area contributed by atoms with Crippen molar-refractivity contribution in [3.63, 3.8) is 0 Å². The van der Waals surface area contributed by atoms with Gasteiger partial charge in [0.25, 0.3) is 0 Å². The number of halogens is 2. The molecule has 5 rings (SSSR count). The summed E-state index contributed by atoms with van der Waals surface area (Å²) in [5, 5.41) is 4.34. The van der Waals surface area contributed by atoms with Gasteiger partial charge in [0, 0.05) is 34.5 Å². The molecule has 2 aromatic rings. The highest BCUT2D eigenvalue weighted by atomic mass is 35.5. The molecule has 1 amide bonds. The molecule has 0 radical (unpaired) electrons. The highest BCUT2D eigenvalue weighted by molar-refractivity contribution is 6.31. The number of carbonyl (C=O) groups is 2. The van der Waals surface area contributed by atoms with E-state index in [4.69, 9.17) is 23.2 Å². The molecule has 1 aliphatic heterocycles. The molecule has 150 valence electrons. The van der Waals surface area contributed by atoms with Crippen molar-refractivity contribution in [3.05, 3.63) is 63.6 Å². The van der Waals surface area contributed by atoms with Crippen LogP contribution in [0.5, 0.6) is 0 Å². The quantitative estimate of drug-likeness (QED) is 0.625. The fraction of sp³-hybridized carbons (Fsp3) is 0.417. The Morgan fingerprint density at radius 2 is 1.69 bits per heavy atom. The maximum atomic E-state index is 13.8. The molecule has 2 aromatic carbocycles. The van der Waals surface area contributed by atoms with E-state index < -0.39 is 5.41 Å². The van der Waals surface area contributed by atoms with Crippen molar-refractivity contribution in [1.29, 1.82) is 0 Å². The number of fused-ring (bicyclic) bond motifs is 2. The monoisotopic (exact) mass is 427 g/mol. The van der Waals surface area contributed by atoms with E-state index in [-0.39, 0.29) is 23.5 Å². The lowest BCUT2D eigenvalue weighted by molar-refractivity contribution is -0.132. The van der Waals surface area contributed by atoms with Gasteiger partial charge in [-0.05, 0) is 47.2 Å². The van der Waals surface area contributed by atoms with Gasteiger partial charge in [-0.15, -0.1) is 0 Å². The number of Topliss-reactive ketones (excluding diaryl/α,β-unsaturated/α-hetero) is 1. The van der Waals surface area contributed by atoms with Crippen LogP contribution in [0, 0.1) is 11.8 Å². The number of rotatable bonds is 2. The predicted molar refractivity (Wildman–Crippen MR) is 116 cm³/mol. The van der Waals surface area contributed by atoms with Crippen LogP contribution in [-0.2, 0) is 15.0 Å². The Hall–Kier alpha value is -1.84. The molecular weight excluding hydrogens is 405 g/mol. The van der Waals surface area contributed by atoms with Gasteiger partial charge in [-0.3, -0.25) is 9.59 Å². The Bertz CT molecular complexity index is 998. The first-order valence-electron chi connectivity index (χ1n) is 10.4. The van der Waals surface area contributed by atoms with Gasteiger partial charge in [0.2, 0.25) is 5.91 Å². The van der Waals surface area contributed by atoms with Gasteiger partial charge in [0.1, 0.15) is 5.78 Å². The van der Waals surface area contributed by atoms with Crippen molar-refractivity contribution in [2.75, 3.05) is 5.32 Å². The van der Waals surface area contributed by atoms with Crippen molar-refractivity contribution in [2.24, 2.45) is 11.8 Å². The molecule has 0 saturated heterocycles. The molecule has 0 bridgehead atoms. The first-order chi connectivity index (χ1) is 14.0. The Morgan fingerprint density at radius 3 is 2.45 bits per heavy atom. The third-order valence-corrected chi connectivity index (χ3v) is 7.76. The summed E-state index contributed by atoms with van der Waals surface area (Å²) in [5.41, 5.74) is 1.98. The summed E-state index contributed by atoms with van der Waals surface area (Å²) in [6, 6.07) is 13.3. The SMILES string of the molecule is O=C1C[C@H](C2CCCC2)[C@@]2(C(=O)Nc3cc(Cl)ccc32)[C@H](c2cccc(Cl)c2)C1. The fourth-order valence-corrected chi connectivity index (χ4v) is 6.55. The summed E-state index contributed by atoms with van der Waals surface area (Å²) in [6.07, 6.45) is 5.33. The maximum absolute atomic E-state index is 13.8. The summed E-state index contributed by atoms with van der Waals surface area (Å²) in [5.74, 6) is 0.401. The summed E-state index contributed by atoms with van der Waals surface area (Å²) < 4.78 is 0. The Kier molecular flexibility index (Phi) is 4.71. The summed E-state index contributed by atoms with van der Waals surface area (Å²) in [4.78, 5) is 26.7. The van der Waals surface area contributed by atoms with Gasteiger partial charge in [-0.1, -0.05) is 67.1 Å². The van der Waals surface area contributed by atoms with Crippen LogP contribution in [0.1, 0.15) is 55.6 Å². The number of hydrogen-bond donors (Lipinski definition) is 1. The Morgan fingerprint density at radius 1 is 0.931 bits per heavy atom. The van der Waals surface area contributed by atoms with Crippen LogP contribution < -0.4 is 5.32 Å². The first kappa shape index (κ1) is 19.1. The van der Waals surface area contributed by atoms with Gasteiger partial charge >= 0.3 is 0 Å². The van der Waals surface area contributed by atoms with E-state index in [1.807, 2.05) is 42.5 Å². The van der Waals surface area contributed by atoms with Gasteiger partial charge in [-0.2, -0.15) is 0 Å². The second-order valence-corrected chi connectivity index (χ2v) is 9.59. The summed E-state index contributed by atoms with van der Waals surface area (Å²) in [7, 11) is 0. The minimum atomic E-state index is -0.756. The van der Waals surface area contributed by atoms with Crippen LogP contribution in [0.25, 0.3) is 0 Å². The average Bonchev–Trinajstić information content (AvgIpc) is 3.31. The minimum absolute atomic E-state index is 0.00217. The third-order valence-electron chi connectivity index (χ3n) is 7.29. The highest BCUT2D eigenvalue weighted by Crippen LogP contribution is 2.60. The lowest BCUT2D eigenvalue weighted by atomic mass is 9.52. The zero-order valence-corrected chi connectivity index (χ0v) is 17.6. The minimum Gasteiger partial charge on any atom is -0.325 e. The first-order valence-corrected chi connectivity index (χ1v) is 11.1. The Labute approximate surface area is 180 Å². The number of anilines is 1. The zero-order chi connectivity index (χ0) is 20.2. The molecule has 1 spiro atoms. The molecule has 1 heterocycles. The van der Waals surface area contributed by atoms with E-state index in [0.717, 1.165) is 29.7 Å². The number of carbonyl (C=O) groups excluding carboxylic acids is 2. The van der Waals surface area contributed by atoms with E-state index in [0.29, 0.717) is 28.8 Å². The van der Waals surface area contributed by atoms with Crippen molar-refractivity contribution < 1.29 is 9.59 Å². The van der Waals surface area contributed by atoms with Crippen molar-refractivity contribution in [3.8, 4) is 0 Å². The van der Waals surface area contributed by atoms with Crippen LogP contribution in [0.3, 0.4) is 0 Å². The number of benzene rings is 2. The maximum Gasteiger partial charge on any atom is 0.236 e. The molecule has 3 nitrogen and oxygen atoms in total. The molecule has 3 atom stereocenters. The van der Waals surface area contributed by atoms with Crippen LogP contribution in [0.15, 0.2) is 42.5 Å². The zero-order valence-electron chi connectivity index (χ0n) is 16.1. The van der Waals surface area contributed by atoms with Crippen LogP contribution in [0.2, 0.25) is 10.0 Å². The fourth-order valence-electron chi connectivity index (χ4n) is 6.18. The molecular formula is C24H23Cl2NO2. The van der Waals surface area contributed by atoms with Gasteiger partial charge in [0.15, 0.2) is 0 Å². The van der Waals surface area contributed by atoms with E-state index in [9.17, 15) is 9.59 Å². The highest BCUT2D eigenvalue weighted by Gasteiger charge is 2.61. The molecule has 3 aliphatic rings. The standard InChI is InChI=1S/C24H23Cl2NO2/c25-16-7-3-6-15(10-16)21-13-18(28)12-20(14-4-1-2-5-14)24(21)19-9-8-17(26)11-22(19)27-23(24)29/h3,6-11,14,20-21H,1-2,4-5,12-13H2,(H,27,29)/t20-,21+,24-/m1/s1. The number of ketones is 1. The molecule has 29 heavy (non-hydrogen) atoms. The second kappa shape index (κ2) is 7.14. The normalized spacial score (nSPS) is 29.3. The molecule has 0 unspecified atom stereocenters. The van der Waals surface area contributed by atoms with Crippen LogP contribution in [-0.4, -0.2) is 11.7 Å². The van der Waals surface area contributed by atoms with E-state index >= 15 is 0 Å². The van der Waals surface area contributed by atoms with Crippen molar-refractivity contribution in [2.45, 2.75) is 49.9 Å². The predicted octanol–water partition coefficient (Wildman–Crippen LogP) is 6.14. The van der Waals surface area contributed by atoms with Gasteiger partial charge in [-0.25, -0.2) is 0 Å². The molecule has 5 heteroatoms. The number of nitrogens with one attached hydrogen (secondary N) is 1.